The van der Waals surface area contributed by atoms with Crippen LogP contribution in [-0.4, -0.2) is 33.9 Å². The third kappa shape index (κ3) is 4.54. The molecular weight excluding hydrogens is 300 g/mol. The van der Waals surface area contributed by atoms with Gasteiger partial charge in [-0.1, -0.05) is 12.1 Å². The number of ether oxygens (including phenoxy) is 5. The standard InChI is InChI=1S/C17H18O6/c1-19-12-8-13(20-2)10-14(9-12)23-17(18)11-22-16-7-5-4-6-15(16)21-3/h4-10H,11H2,1-3H3. The zero-order valence-corrected chi connectivity index (χ0v) is 13.2. The Hall–Kier alpha value is -2.89. The summed E-state index contributed by atoms with van der Waals surface area (Å²) >= 11 is 0. The summed E-state index contributed by atoms with van der Waals surface area (Å²) in [5.41, 5.74) is 0. The Morgan fingerprint density at radius 2 is 1.39 bits per heavy atom. The van der Waals surface area contributed by atoms with Gasteiger partial charge in [0.15, 0.2) is 18.1 Å². The Morgan fingerprint density at radius 1 is 0.826 bits per heavy atom. The van der Waals surface area contributed by atoms with Crippen LogP contribution in [0, 0.1) is 0 Å². The number of carbonyl (C=O) groups is 1. The molecular formula is C17H18O6. The van der Waals surface area contributed by atoms with E-state index in [1.54, 1.807) is 36.4 Å². The maximum Gasteiger partial charge on any atom is 0.349 e. The molecule has 0 spiro atoms. The van der Waals surface area contributed by atoms with Gasteiger partial charge in [-0.05, 0) is 12.1 Å². The molecule has 0 atom stereocenters. The van der Waals surface area contributed by atoms with Gasteiger partial charge in [-0.25, -0.2) is 4.79 Å². The van der Waals surface area contributed by atoms with E-state index in [-0.39, 0.29) is 6.61 Å². The van der Waals surface area contributed by atoms with E-state index in [1.165, 1.54) is 21.3 Å². The minimum absolute atomic E-state index is 0.250. The van der Waals surface area contributed by atoms with Crippen LogP contribution in [0.4, 0.5) is 0 Å². The Balaban J connectivity index is 1.99. The lowest BCUT2D eigenvalue weighted by molar-refractivity contribution is -0.136. The van der Waals surface area contributed by atoms with Crippen LogP contribution in [0.3, 0.4) is 0 Å². The van der Waals surface area contributed by atoms with Gasteiger partial charge >= 0.3 is 5.97 Å². The molecule has 0 saturated heterocycles. The van der Waals surface area contributed by atoms with Crippen molar-refractivity contribution in [1.29, 1.82) is 0 Å². The number of para-hydroxylation sites is 2. The van der Waals surface area contributed by atoms with Crippen molar-refractivity contribution in [3.8, 4) is 28.7 Å². The predicted molar refractivity (Wildman–Crippen MR) is 83.7 cm³/mol. The first kappa shape index (κ1) is 16.5. The molecule has 0 aromatic heterocycles. The summed E-state index contributed by atoms with van der Waals surface area (Å²) in [5, 5.41) is 0. The highest BCUT2D eigenvalue weighted by Gasteiger charge is 2.11. The highest BCUT2D eigenvalue weighted by atomic mass is 16.6. The zero-order valence-electron chi connectivity index (χ0n) is 13.2. The predicted octanol–water partition coefficient (Wildman–Crippen LogP) is 2.70. The van der Waals surface area contributed by atoms with E-state index in [2.05, 4.69) is 0 Å². The molecule has 2 rings (SSSR count). The Bertz CT molecular complexity index is 646. The second-order valence-electron chi connectivity index (χ2n) is 4.46. The third-order valence-electron chi connectivity index (χ3n) is 2.97. The largest absolute Gasteiger partial charge is 0.496 e. The average molecular weight is 318 g/mol. The summed E-state index contributed by atoms with van der Waals surface area (Å²) in [5.74, 6) is 1.83. The topological polar surface area (TPSA) is 63.2 Å². The molecule has 0 fully saturated rings. The summed E-state index contributed by atoms with van der Waals surface area (Å²) in [6.07, 6.45) is 0. The van der Waals surface area contributed by atoms with E-state index in [0.717, 1.165) is 0 Å². The molecule has 0 unspecified atom stereocenters. The Morgan fingerprint density at radius 3 is 1.96 bits per heavy atom. The number of hydrogen-bond donors (Lipinski definition) is 0. The van der Waals surface area contributed by atoms with Crippen LogP contribution in [0.5, 0.6) is 28.7 Å². The van der Waals surface area contributed by atoms with Crippen molar-refractivity contribution in [2.75, 3.05) is 27.9 Å². The lowest BCUT2D eigenvalue weighted by atomic mass is 10.3. The van der Waals surface area contributed by atoms with Gasteiger partial charge in [0, 0.05) is 18.2 Å². The van der Waals surface area contributed by atoms with Crippen molar-refractivity contribution in [1.82, 2.24) is 0 Å². The van der Waals surface area contributed by atoms with Crippen molar-refractivity contribution in [2.45, 2.75) is 0 Å². The second-order valence-corrected chi connectivity index (χ2v) is 4.46. The van der Waals surface area contributed by atoms with E-state index >= 15 is 0 Å². The molecule has 2 aromatic carbocycles. The van der Waals surface area contributed by atoms with E-state index < -0.39 is 5.97 Å². The van der Waals surface area contributed by atoms with Crippen LogP contribution in [0.25, 0.3) is 0 Å². The second kappa shape index (κ2) is 7.93. The molecule has 6 nitrogen and oxygen atoms in total. The molecule has 0 aliphatic rings. The van der Waals surface area contributed by atoms with Gasteiger partial charge in [0.1, 0.15) is 17.2 Å². The number of methoxy groups -OCH3 is 3. The Kier molecular flexibility index (Phi) is 5.68. The van der Waals surface area contributed by atoms with Crippen molar-refractivity contribution >= 4 is 5.97 Å². The van der Waals surface area contributed by atoms with Gasteiger partial charge in [-0.2, -0.15) is 0 Å². The molecule has 0 aliphatic heterocycles. The van der Waals surface area contributed by atoms with Crippen LogP contribution in [0.2, 0.25) is 0 Å². The molecule has 122 valence electrons. The SMILES string of the molecule is COc1cc(OC)cc(OC(=O)COc2ccccc2OC)c1. The van der Waals surface area contributed by atoms with Gasteiger partial charge in [0.05, 0.1) is 21.3 Å². The van der Waals surface area contributed by atoms with Crippen molar-refractivity contribution < 1.29 is 28.5 Å². The fourth-order valence-electron chi connectivity index (χ4n) is 1.88. The third-order valence-corrected chi connectivity index (χ3v) is 2.97. The monoisotopic (exact) mass is 318 g/mol. The summed E-state index contributed by atoms with van der Waals surface area (Å²) < 4.78 is 26.0. The molecule has 0 saturated carbocycles. The minimum atomic E-state index is -0.550. The number of carbonyl (C=O) groups excluding carboxylic acids is 1. The average Bonchev–Trinajstić information content (AvgIpc) is 2.59. The summed E-state index contributed by atoms with van der Waals surface area (Å²) in [4.78, 5) is 11.9. The van der Waals surface area contributed by atoms with E-state index in [4.69, 9.17) is 23.7 Å². The number of benzene rings is 2. The fraction of sp³-hybridized carbons (Fsp3) is 0.235. The first-order valence-corrected chi connectivity index (χ1v) is 6.86. The van der Waals surface area contributed by atoms with Crippen LogP contribution in [0.15, 0.2) is 42.5 Å². The highest BCUT2D eigenvalue weighted by molar-refractivity contribution is 5.74. The first-order chi connectivity index (χ1) is 11.2. The van der Waals surface area contributed by atoms with Gasteiger partial charge < -0.3 is 23.7 Å². The number of rotatable bonds is 7. The smallest absolute Gasteiger partial charge is 0.349 e. The van der Waals surface area contributed by atoms with E-state index in [0.29, 0.717) is 28.7 Å². The molecule has 0 amide bonds. The lowest BCUT2D eigenvalue weighted by Crippen LogP contribution is -2.18. The van der Waals surface area contributed by atoms with Gasteiger partial charge in [-0.3, -0.25) is 0 Å². The Labute approximate surface area is 134 Å². The maximum atomic E-state index is 11.9. The maximum absolute atomic E-state index is 11.9. The van der Waals surface area contributed by atoms with Gasteiger partial charge in [0.25, 0.3) is 0 Å². The molecule has 2 aromatic rings. The summed E-state index contributed by atoms with van der Waals surface area (Å²) in [6, 6.07) is 11.9. The van der Waals surface area contributed by atoms with Crippen molar-refractivity contribution in [3.05, 3.63) is 42.5 Å². The van der Waals surface area contributed by atoms with Crippen LogP contribution >= 0.6 is 0 Å². The van der Waals surface area contributed by atoms with Crippen LogP contribution in [-0.2, 0) is 4.79 Å². The van der Waals surface area contributed by atoms with Gasteiger partial charge in [-0.15, -0.1) is 0 Å². The van der Waals surface area contributed by atoms with Crippen molar-refractivity contribution in [2.24, 2.45) is 0 Å². The first-order valence-electron chi connectivity index (χ1n) is 6.86. The van der Waals surface area contributed by atoms with Crippen LogP contribution < -0.4 is 23.7 Å². The quantitative estimate of drug-likeness (QED) is 0.578. The van der Waals surface area contributed by atoms with Crippen LogP contribution in [0.1, 0.15) is 0 Å². The fourth-order valence-corrected chi connectivity index (χ4v) is 1.88. The highest BCUT2D eigenvalue weighted by Crippen LogP contribution is 2.28. The van der Waals surface area contributed by atoms with Crippen molar-refractivity contribution in [3.63, 3.8) is 0 Å². The summed E-state index contributed by atoms with van der Waals surface area (Å²) in [7, 11) is 4.57. The normalized spacial score (nSPS) is 9.87. The number of hydrogen-bond acceptors (Lipinski definition) is 6. The van der Waals surface area contributed by atoms with E-state index in [9.17, 15) is 4.79 Å². The molecule has 0 bridgehead atoms. The van der Waals surface area contributed by atoms with Gasteiger partial charge in [0.2, 0.25) is 0 Å². The molecule has 6 heteroatoms. The molecule has 0 radical (unpaired) electrons. The molecule has 23 heavy (non-hydrogen) atoms. The molecule has 0 N–H and O–H groups in total. The lowest BCUT2D eigenvalue weighted by Gasteiger charge is -2.11. The zero-order chi connectivity index (χ0) is 16.7. The number of esters is 1. The molecule has 0 heterocycles. The minimum Gasteiger partial charge on any atom is -0.496 e. The van der Waals surface area contributed by atoms with E-state index in [1.807, 2.05) is 6.07 Å². The summed E-state index contributed by atoms with van der Waals surface area (Å²) in [6.45, 7) is -0.250. The molecule has 0 aliphatic carbocycles.